The third-order valence-electron chi connectivity index (χ3n) is 6.70. The maximum Gasteiger partial charge on any atom is 0.322 e. The third kappa shape index (κ3) is 9.08. The predicted octanol–water partition coefficient (Wildman–Crippen LogP) is 1.36. The summed E-state index contributed by atoms with van der Waals surface area (Å²) in [4.78, 5) is 71.6. The quantitative estimate of drug-likeness (QED) is 0.136. The van der Waals surface area contributed by atoms with Crippen LogP contribution in [0.15, 0.2) is 59.5 Å². The van der Waals surface area contributed by atoms with E-state index in [1.54, 1.807) is 18.2 Å². The van der Waals surface area contributed by atoms with Gasteiger partial charge in [-0.25, -0.2) is 8.42 Å². The number of hydrogen-bond acceptors (Lipinski definition) is 14. The predicted molar refractivity (Wildman–Crippen MR) is 156 cm³/mol. The highest BCUT2D eigenvalue weighted by Crippen LogP contribution is 2.37. The Morgan fingerprint density at radius 2 is 1.38 bits per heavy atom. The number of nitrogens with zero attached hydrogens (tertiary/aromatic N) is 2. The number of carbonyl (C=O) groups excluding carboxylic acids is 4. The summed E-state index contributed by atoms with van der Waals surface area (Å²) in [5.74, 6) is -5.67. The summed E-state index contributed by atoms with van der Waals surface area (Å²) in [5, 5.41) is 22.4. The fourth-order valence-corrected chi connectivity index (χ4v) is 6.78. The number of hydrogen-bond donors (Lipinski definition) is 1. The van der Waals surface area contributed by atoms with Crippen LogP contribution in [0.1, 0.15) is 33.3 Å². The van der Waals surface area contributed by atoms with Gasteiger partial charge in [-0.1, -0.05) is 42.5 Å². The zero-order chi connectivity index (χ0) is 35.1. The highest BCUT2D eigenvalue weighted by Gasteiger charge is 2.58. The molecule has 1 aliphatic heterocycles. The van der Waals surface area contributed by atoms with Gasteiger partial charge in [-0.15, -0.1) is 0 Å². The molecule has 0 bridgehead atoms. The molecule has 254 valence electrons. The summed E-state index contributed by atoms with van der Waals surface area (Å²) in [5.41, 5.74) is -0.611. The molecule has 47 heavy (non-hydrogen) atoms. The number of rotatable bonds is 13. The SMILES string of the molecule is CC(=O)OC[C@H]1OC(N([C@@H](Cc2ccccc2)C(=O)O)S(=O)(=O)c2ccccc2[N+](=O)[O-])[C@H](OC(C)=O)[C@@H](OC(C)=O)[C@@H]1OC(C)=O. The molecule has 1 fully saturated rings. The van der Waals surface area contributed by atoms with Crippen molar-refractivity contribution in [2.75, 3.05) is 6.61 Å². The number of carboxylic acids is 1. The zero-order valence-corrected chi connectivity index (χ0v) is 26.4. The fraction of sp³-hybridized carbons (Fsp3) is 0.414. The number of esters is 4. The van der Waals surface area contributed by atoms with Crippen molar-refractivity contribution >= 4 is 45.6 Å². The summed E-state index contributed by atoms with van der Waals surface area (Å²) in [6.07, 6.45) is -10.0. The van der Waals surface area contributed by atoms with Gasteiger partial charge in [0.05, 0.1) is 4.92 Å². The van der Waals surface area contributed by atoms with Crippen molar-refractivity contribution in [3.05, 3.63) is 70.3 Å². The molecule has 1 N–H and O–H groups in total. The summed E-state index contributed by atoms with van der Waals surface area (Å²) in [6, 6.07) is 9.74. The third-order valence-corrected chi connectivity index (χ3v) is 8.62. The molecule has 2 aromatic rings. The molecule has 6 atom stereocenters. The lowest BCUT2D eigenvalue weighted by Gasteiger charge is -2.48. The van der Waals surface area contributed by atoms with Crippen LogP contribution in [0.25, 0.3) is 0 Å². The van der Waals surface area contributed by atoms with Gasteiger partial charge in [0.15, 0.2) is 29.4 Å². The Morgan fingerprint density at radius 3 is 1.91 bits per heavy atom. The molecule has 1 heterocycles. The number of aliphatic carboxylic acids is 1. The number of carbonyl (C=O) groups is 5. The second kappa shape index (κ2) is 15.6. The molecule has 0 aliphatic carbocycles. The molecular formula is C29H32N2O15S. The van der Waals surface area contributed by atoms with Crippen LogP contribution in [-0.4, -0.2) is 95.9 Å². The minimum absolute atomic E-state index is 0.263. The summed E-state index contributed by atoms with van der Waals surface area (Å²) >= 11 is 0. The Balaban J connectivity index is 2.40. The molecule has 1 unspecified atom stereocenters. The van der Waals surface area contributed by atoms with E-state index in [0.717, 1.165) is 45.9 Å². The number of para-hydroxylation sites is 1. The molecule has 2 aromatic carbocycles. The standard InChI is InChI=1S/C29H32N2O15S/c1-16(32)42-15-23-25(43-17(2)33)26(44-18(3)34)27(45-19(4)35)28(46-23)30(22(29(36)37)14-20-10-6-5-7-11-20)47(40,41)24-13-9-8-12-21(24)31(38)39/h5-13,22-23,25-28H,14-15H2,1-4H3,(H,36,37)/t22-,23+,25+,26-,27+,28?/m0/s1. The average Bonchev–Trinajstić information content (AvgIpc) is 2.98. The monoisotopic (exact) mass is 680 g/mol. The van der Waals surface area contributed by atoms with E-state index in [4.69, 9.17) is 23.7 Å². The first-order valence-electron chi connectivity index (χ1n) is 13.9. The molecule has 0 radical (unpaired) electrons. The molecule has 18 heteroatoms. The van der Waals surface area contributed by atoms with Crippen molar-refractivity contribution in [2.45, 2.75) is 75.7 Å². The maximum absolute atomic E-state index is 14.5. The van der Waals surface area contributed by atoms with Crippen LogP contribution in [0.2, 0.25) is 0 Å². The first-order valence-corrected chi connectivity index (χ1v) is 15.3. The molecule has 1 aliphatic rings. The van der Waals surface area contributed by atoms with E-state index in [-0.39, 0.29) is 4.31 Å². The van der Waals surface area contributed by atoms with E-state index in [9.17, 15) is 47.6 Å². The highest BCUT2D eigenvalue weighted by molar-refractivity contribution is 7.89. The lowest BCUT2D eigenvalue weighted by atomic mass is 9.96. The largest absolute Gasteiger partial charge is 0.480 e. The van der Waals surface area contributed by atoms with Gasteiger partial charge in [-0.3, -0.25) is 34.1 Å². The van der Waals surface area contributed by atoms with Crippen LogP contribution in [0, 0.1) is 10.1 Å². The Morgan fingerprint density at radius 1 is 0.851 bits per heavy atom. The van der Waals surface area contributed by atoms with E-state index in [1.165, 1.54) is 18.2 Å². The average molecular weight is 681 g/mol. The van der Waals surface area contributed by atoms with E-state index in [2.05, 4.69) is 0 Å². The molecule has 0 amide bonds. The van der Waals surface area contributed by atoms with Crippen LogP contribution >= 0.6 is 0 Å². The van der Waals surface area contributed by atoms with Gasteiger partial charge in [-0.05, 0) is 18.1 Å². The molecule has 0 aromatic heterocycles. The van der Waals surface area contributed by atoms with Crippen molar-refractivity contribution in [3.8, 4) is 0 Å². The summed E-state index contributed by atoms with van der Waals surface area (Å²) in [7, 11) is -5.32. The Bertz CT molecular complexity index is 1610. The smallest absolute Gasteiger partial charge is 0.322 e. The Kier molecular flexibility index (Phi) is 12.1. The van der Waals surface area contributed by atoms with Crippen molar-refractivity contribution in [3.63, 3.8) is 0 Å². The van der Waals surface area contributed by atoms with Gasteiger partial charge in [0.25, 0.3) is 15.7 Å². The van der Waals surface area contributed by atoms with Crippen molar-refractivity contribution in [2.24, 2.45) is 0 Å². The number of carboxylic acid groups (broad SMARTS) is 1. The maximum atomic E-state index is 14.5. The van der Waals surface area contributed by atoms with Crippen LogP contribution in [0.5, 0.6) is 0 Å². The van der Waals surface area contributed by atoms with Gasteiger partial charge in [0, 0.05) is 33.8 Å². The molecule has 1 saturated heterocycles. The van der Waals surface area contributed by atoms with E-state index >= 15 is 0 Å². The van der Waals surface area contributed by atoms with E-state index < -0.39 is 105 Å². The molecule has 0 spiro atoms. The number of sulfonamides is 1. The normalized spacial score (nSPS) is 21.6. The lowest BCUT2D eigenvalue weighted by molar-refractivity contribution is -0.387. The number of ether oxygens (including phenoxy) is 5. The molecule has 3 rings (SSSR count). The molecule has 17 nitrogen and oxygen atoms in total. The number of nitro groups is 1. The minimum Gasteiger partial charge on any atom is -0.480 e. The summed E-state index contributed by atoms with van der Waals surface area (Å²) < 4.78 is 56.5. The van der Waals surface area contributed by atoms with Gasteiger partial charge >= 0.3 is 29.8 Å². The first kappa shape index (κ1) is 36.5. The van der Waals surface area contributed by atoms with E-state index in [1.807, 2.05) is 0 Å². The van der Waals surface area contributed by atoms with Gasteiger partial charge in [0.2, 0.25) is 0 Å². The van der Waals surface area contributed by atoms with Crippen LogP contribution < -0.4 is 0 Å². The highest BCUT2D eigenvalue weighted by atomic mass is 32.2. The van der Waals surface area contributed by atoms with Crippen LogP contribution in [-0.2, 0) is 64.1 Å². The van der Waals surface area contributed by atoms with Crippen molar-refractivity contribution in [1.29, 1.82) is 0 Å². The second-order valence-electron chi connectivity index (χ2n) is 10.2. The van der Waals surface area contributed by atoms with Gasteiger partial charge < -0.3 is 28.8 Å². The van der Waals surface area contributed by atoms with Crippen LogP contribution in [0.4, 0.5) is 5.69 Å². The lowest BCUT2D eigenvalue weighted by Crippen LogP contribution is -2.68. The number of nitro benzene ring substituents is 1. The van der Waals surface area contributed by atoms with E-state index in [0.29, 0.717) is 5.56 Å². The van der Waals surface area contributed by atoms with Crippen LogP contribution in [0.3, 0.4) is 0 Å². The summed E-state index contributed by atoms with van der Waals surface area (Å²) in [6.45, 7) is 3.11. The van der Waals surface area contributed by atoms with Crippen molar-refractivity contribution in [1.82, 2.24) is 4.31 Å². The second-order valence-corrected chi connectivity index (χ2v) is 12.0. The topological polar surface area (TPSA) is 232 Å². The minimum atomic E-state index is -5.32. The van der Waals surface area contributed by atoms with Crippen molar-refractivity contribution < 1.29 is 66.1 Å². The van der Waals surface area contributed by atoms with Gasteiger partial charge in [0.1, 0.15) is 18.8 Å². The molecular weight excluding hydrogens is 648 g/mol. The fourth-order valence-electron chi connectivity index (χ4n) is 4.96. The molecule has 0 saturated carbocycles. The van der Waals surface area contributed by atoms with Gasteiger partial charge in [-0.2, -0.15) is 4.31 Å². The Labute approximate surface area is 268 Å². The zero-order valence-electron chi connectivity index (χ0n) is 25.5. The first-order chi connectivity index (χ1) is 22.0. The number of benzene rings is 2. The Hall–Kier alpha value is -4.94.